The van der Waals surface area contributed by atoms with Crippen LogP contribution >= 0.6 is 0 Å². The lowest BCUT2D eigenvalue weighted by atomic mass is 9.92. The molecule has 212 valence electrons. The van der Waals surface area contributed by atoms with E-state index in [0.29, 0.717) is 11.9 Å². The average Bonchev–Trinajstić information content (AvgIpc) is 3.48. The van der Waals surface area contributed by atoms with Crippen LogP contribution in [0.3, 0.4) is 0 Å². The zero-order valence-corrected chi connectivity index (χ0v) is 22.4. The fraction of sp³-hybridized carbons (Fsp3) is 0.444. The van der Waals surface area contributed by atoms with Gasteiger partial charge in [-0.1, -0.05) is 43.7 Å². The Hall–Kier alpha value is -3.93. The maximum absolute atomic E-state index is 12.9. The van der Waals surface area contributed by atoms with Crippen molar-refractivity contribution >= 4 is 23.2 Å². The molecule has 13 nitrogen and oxygen atoms in total. The van der Waals surface area contributed by atoms with Gasteiger partial charge >= 0.3 is 5.97 Å². The molecule has 3 heterocycles. The van der Waals surface area contributed by atoms with Gasteiger partial charge in [0.15, 0.2) is 5.82 Å². The first-order valence-electron chi connectivity index (χ1n) is 12.8. The Kier molecular flexibility index (Phi) is 8.48. The van der Waals surface area contributed by atoms with Crippen molar-refractivity contribution in [1.82, 2.24) is 14.6 Å². The van der Waals surface area contributed by atoms with Crippen molar-refractivity contribution in [3.05, 3.63) is 59.5 Å². The number of carbonyl (C=O) groups is 2. The summed E-state index contributed by atoms with van der Waals surface area (Å²) in [7, 11) is 0. The molecule has 0 saturated carbocycles. The van der Waals surface area contributed by atoms with Gasteiger partial charge in [-0.3, -0.25) is 9.59 Å². The molecule has 7 N–H and O–H groups in total. The number of amides is 1. The van der Waals surface area contributed by atoms with Crippen molar-refractivity contribution in [3.8, 4) is 6.07 Å². The average molecular weight is 552 g/mol. The zero-order chi connectivity index (χ0) is 29.2. The first-order valence-corrected chi connectivity index (χ1v) is 12.8. The Bertz CT molecular complexity index is 1420. The number of rotatable bonds is 9. The number of ether oxygens (including phenoxy) is 2. The summed E-state index contributed by atoms with van der Waals surface area (Å²) in [6.45, 7) is 5.05. The van der Waals surface area contributed by atoms with Gasteiger partial charge in [0, 0.05) is 0 Å². The minimum atomic E-state index is -2.07. The molecule has 0 bridgehead atoms. The Labute approximate surface area is 230 Å². The maximum atomic E-state index is 12.9. The summed E-state index contributed by atoms with van der Waals surface area (Å²) in [5, 5.41) is 38.6. The Balaban J connectivity index is 1.54. The molecule has 40 heavy (non-hydrogen) atoms. The van der Waals surface area contributed by atoms with Gasteiger partial charge in [-0.2, -0.15) is 10.4 Å². The van der Waals surface area contributed by atoms with Crippen LogP contribution in [-0.4, -0.2) is 73.7 Å². The molecule has 1 saturated heterocycles. The van der Waals surface area contributed by atoms with Gasteiger partial charge < -0.3 is 36.5 Å². The van der Waals surface area contributed by atoms with Gasteiger partial charge in [-0.05, 0) is 37.0 Å². The number of nitrogens with one attached hydrogen (secondary N) is 1. The molecule has 6 atom stereocenters. The van der Waals surface area contributed by atoms with Crippen LogP contribution in [0.15, 0.2) is 42.7 Å². The number of hydrogen-bond donors (Lipinski definition) is 5. The number of carbonyl (C=O) groups excluding carboxylic acids is 2. The Morgan fingerprint density at radius 3 is 2.58 bits per heavy atom. The molecular weight excluding hydrogens is 518 g/mol. The molecule has 1 amide bonds. The van der Waals surface area contributed by atoms with Gasteiger partial charge in [-0.25, -0.2) is 9.50 Å². The maximum Gasteiger partial charge on any atom is 0.323 e. The minimum Gasteiger partial charge on any atom is -0.462 e. The SMILES string of the molecule is Cc1ccc(C[C@H](N)C(=O)Nc2ncnn3c([C@]4(C#N)O[C@H](COC(=O)[C@@H](N)C(C)C)[C@@H](O)[C@H]4O)ccc23)cc1. The highest BCUT2D eigenvalue weighted by atomic mass is 16.6. The van der Waals surface area contributed by atoms with Gasteiger partial charge in [0.25, 0.3) is 0 Å². The largest absolute Gasteiger partial charge is 0.462 e. The van der Waals surface area contributed by atoms with Gasteiger partial charge in [0.1, 0.15) is 48.9 Å². The quantitative estimate of drug-likeness (QED) is 0.222. The third-order valence-electron chi connectivity index (χ3n) is 6.99. The number of nitriles is 1. The summed E-state index contributed by atoms with van der Waals surface area (Å²) < 4.78 is 12.3. The van der Waals surface area contributed by atoms with E-state index >= 15 is 0 Å². The fourth-order valence-electron chi connectivity index (χ4n) is 4.44. The summed E-state index contributed by atoms with van der Waals surface area (Å²) in [6, 6.07) is 10.9. The van der Waals surface area contributed by atoms with Crippen LogP contribution in [0.5, 0.6) is 0 Å². The van der Waals surface area contributed by atoms with Gasteiger partial charge in [0.05, 0.1) is 11.7 Å². The van der Waals surface area contributed by atoms with Crippen molar-refractivity contribution < 1.29 is 29.3 Å². The number of esters is 1. The minimum absolute atomic E-state index is 0.0751. The van der Waals surface area contributed by atoms with Crippen molar-refractivity contribution in [3.63, 3.8) is 0 Å². The van der Waals surface area contributed by atoms with E-state index in [1.165, 1.54) is 16.6 Å². The van der Waals surface area contributed by atoms with Crippen molar-refractivity contribution in [2.45, 2.75) is 63.2 Å². The van der Waals surface area contributed by atoms with E-state index in [1.54, 1.807) is 13.8 Å². The first kappa shape index (κ1) is 29.1. The van der Waals surface area contributed by atoms with Crippen LogP contribution in [0, 0.1) is 24.2 Å². The molecule has 0 aliphatic carbocycles. The molecule has 3 aromatic rings. The van der Waals surface area contributed by atoms with E-state index in [-0.39, 0.29) is 17.4 Å². The van der Waals surface area contributed by atoms with E-state index < -0.39 is 54.5 Å². The third kappa shape index (κ3) is 5.53. The second kappa shape index (κ2) is 11.7. The number of aromatic nitrogens is 3. The summed E-state index contributed by atoms with van der Waals surface area (Å²) in [5.41, 5.74) is 12.2. The van der Waals surface area contributed by atoms with Crippen LogP contribution in [-0.2, 0) is 31.1 Å². The summed E-state index contributed by atoms with van der Waals surface area (Å²) in [6.07, 6.45) is -3.02. The summed E-state index contributed by atoms with van der Waals surface area (Å²) >= 11 is 0. The summed E-state index contributed by atoms with van der Waals surface area (Å²) in [5.74, 6) is -1.23. The van der Waals surface area contributed by atoms with E-state index in [9.17, 15) is 25.1 Å². The van der Waals surface area contributed by atoms with Crippen LogP contribution in [0.4, 0.5) is 5.82 Å². The predicted octanol–water partition coefficient (Wildman–Crippen LogP) is -0.0878. The van der Waals surface area contributed by atoms with Gasteiger partial charge in [-0.15, -0.1) is 0 Å². The van der Waals surface area contributed by atoms with Crippen LogP contribution in [0.1, 0.15) is 30.7 Å². The smallest absolute Gasteiger partial charge is 0.323 e. The second-order valence-corrected chi connectivity index (χ2v) is 10.2. The lowest BCUT2D eigenvalue weighted by Gasteiger charge is -2.24. The molecule has 0 spiro atoms. The van der Waals surface area contributed by atoms with Crippen molar-refractivity contribution in [1.29, 1.82) is 5.26 Å². The molecule has 13 heteroatoms. The molecule has 2 aromatic heterocycles. The predicted molar refractivity (Wildman–Crippen MR) is 142 cm³/mol. The second-order valence-electron chi connectivity index (χ2n) is 10.2. The highest BCUT2D eigenvalue weighted by molar-refractivity contribution is 5.97. The number of aliphatic hydroxyl groups is 2. The molecule has 4 rings (SSSR count). The molecule has 1 fully saturated rings. The Morgan fingerprint density at radius 2 is 1.93 bits per heavy atom. The molecule has 0 unspecified atom stereocenters. The van der Waals surface area contributed by atoms with E-state index in [4.69, 9.17) is 20.9 Å². The van der Waals surface area contributed by atoms with E-state index in [1.807, 2.05) is 37.3 Å². The number of benzene rings is 1. The molecule has 0 radical (unpaired) electrons. The van der Waals surface area contributed by atoms with Gasteiger partial charge in [0.2, 0.25) is 11.5 Å². The highest BCUT2D eigenvalue weighted by Gasteiger charge is 2.58. The number of fused-ring (bicyclic) bond motifs is 1. The lowest BCUT2D eigenvalue weighted by Crippen LogP contribution is -2.41. The number of anilines is 1. The first-order chi connectivity index (χ1) is 19.0. The Morgan fingerprint density at radius 1 is 1.23 bits per heavy atom. The van der Waals surface area contributed by atoms with Crippen LogP contribution in [0.25, 0.3) is 5.52 Å². The highest BCUT2D eigenvalue weighted by Crippen LogP contribution is 2.40. The number of nitrogens with two attached hydrogens (primary N) is 2. The molecule has 1 aliphatic rings. The van der Waals surface area contributed by atoms with E-state index in [0.717, 1.165) is 17.5 Å². The fourth-order valence-corrected chi connectivity index (χ4v) is 4.44. The molecular formula is C27H33N7O6. The van der Waals surface area contributed by atoms with Crippen molar-refractivity contribution in [2.75, 3.05) is 11.9 Å². The number of hydrogen-bond acceptors (Lipinski definition) is 11. The van der Waals surface area contributed by atoms with Crippen molar-refractivity contribution in [2.24, 2.45) is 17.4 Å². The molecule has 1 aliphatic heterocycles. The molecule has 1 aromatic carbocycles. The third-order valence-corrected chi connectivity index (χ3v) is 6.99. The topological polar surface area (TPSA) is 211 Å². The summed E-state index contributed by atoms with van der Waals surface area (Å²) in [4.78, 5) is 29.2. The normalized spacial score (nSPS) is 24.0. The van der Waals surface area contributed by atoms with Crippen LogP contribution < -0.4 is 16.8 Å². The number of nitrogens with zero attached hydrogens (tertiary/aromatic N) is 4. The standard InChI is InChI=1S/C27H33N7O6/c1-14(2)21(30)26(38)39-11-19-22(35)23(36)27(12-28,40-19)20-9-8-18-24(31-13-32-34(18)20)33-25(37)17(29)10-16-6-4-15(3)5-7-16/h4-9,13-14,17,19,21-23,35-36H,10-11,29-30H2,1-3H3,(H,31,32,33,37)/t17-,19+,21-,22+,23+,27-/m0/s1. The monoisotopic (exact) mass is 551 g/mol. The van der Waals surface area contributed by atoms with Crippen LogP contribution in [0.2, 0.25) is 0 Å². The number of aryl methyl sites for hydroxylation is 1. The lowest BCUT2D eigenvalue weighted by molar-refractivity contribution is -0.153. The zero-order valence-electron chi connectivity index (χ0n) is 22.4. The van der Waals surface area contributed by atoms with E-state index in [2.05, 4.69) is 15.4 Å². The number of aliphatic hydroxyl groups excluding tert-OH is 2.